The van der Waals surface area contributed by atoms with Crippen LogP contribution in [0.2, 0.25) is 0 Å². The minimum atomic E-state index is -0.520. The number of hydrogen-bond acceptors (Lipinski definition) is 6. The van der Waals surface area contributed by atoms with Crippen molar-refractivity contribution in [2.75, 3.05) is 5.73 Å². The molecule has 1 saturated heterocycles. The van der Waals surface area contributed by atoms with E-state index in [-0.39, 0.29) is 35.7 Å². The highest BCUT2D eigenvalue weighted by atomic mass is 16.6. The van der Waals surface area contributed by atoms with E-state index >= 15 is 0 Å². The highest BCUT2D eigenvalue weighted by molar-refractivity contribution is 5.47. The van der Waals surface area contributed by atoms with E-state index in [4.69, 9.17) is 15.2 Å². The molecule has 1 aromatic heterocycles. The average molecular weight is 267 g/mol. The van der Waals surface area contributed by atoms with E-state index in [1.807, 2.05) is 13.8 Å². The number of hydrogen-bond donors (Lipinski definition) is 1. The molecule has 1 aliphatic rings. The van der Waals surface area contributed by atoms with Crippen LogP contribution in [0.25, 0.3) is 0 Å². The van der Waals surface area contributed by atoms with Gasteiger partial charge in [-0.15, -0.1) is 0 Å². The summed E-state index contributed by atoms with van der Waals surface area (Å²) in [6.07, 6.45) is 1.34. The molecule has 0 aromatic carbocycles. The Morgan fingerprint density at radius 2 is 2.05 bits per heavy atom. The van der Waals surface area contributed by atoms with Crippen LogP contribution < -0.4 is 10.5 Å². The Hall–Kier alpha value is -1.89. The van der Waals surface area contributed by atoms with Crippen LogP contribution in [-0.2, 0) is 4.74 Å². The van der Waals surface area contributed by atoms with Gasteiger partial charge < -0.3 is 15.2 Å². The predicted molar refractivity (Wildman–Crippen MR) is 69.0 cm³/mol. The zero-order chi connectivity index (χ0) is 14.0. The molecule has 2 N–H and O–H groups in total. The quantitative estimate of drug-likeness (QED) is 0.663. The van der Waals surface area contributed by atoms with Gasteiger partial charge in [0.05, 0.1) is 17.1 Å². The number of rotatable bonds is 3. The maximum absolute atomic E-state index is 10.9. The minimum Gasteiger partial charge on any atom is -0.469 e. The van der Waals surface area contributed by atoms with Crippen molar-refractivity contribution in [1.82, 2.24) is 4.98 Å². The summed E-state index contributed by atoms with van der Waals surface area (Å²) in [6.45, 7) is 3.90. The van der Waals surface area contributed by atoms with E-state index in [2.05, 4.69) is 4.98 Å². The minimum absolute atomic E-state index is 0.0173. The van der Waals surface area contributed by atoms with Crippen molar-refractivity contribution in [3.05, 3.63) is 22.2 Å². The van der Waals surface area contributed by atoms with E-state index in [1.54, 1.807) is 0 Å². The monoisotopic (exact) mass is 267 g/mol. The third kappa shape index (κ3) is 3.31. The molecule has 2 unspecified atom stereocenters. The Balaban J connectivity index is 2.18. The lowest BCUT2D eigenvalue weighted by molar-refractivity contribution is -0.386. The molecule has 7 heteroatoms. The SMILES string of the molecule is CC1CC(Oc2nc(N)ccc2[N+](=O)[O-])CC(C)O1. The molecular formula is C12H17N3O4. The molecule has 0 spiro atoms. The van der Waals surface area contributed by atoms with Crippen molar-refractivity contribution < 1.29 is 14.4 Å². The van der Waals surface area contributed by atoms with E-state index in [1.165, 1.54) is 12.1 Å². The second-order valence-corrected chi connectivity index (χ2v) is 4.79. The Kier molecular flexibility index (Phi) is 3.84. The number of nitrogens with two attached hydrogens (primary N) is 1. The first-order chi connectivity index (χ1) is 8.95. The van der Waals surface area contributed by atoms with Gasteiger partial charge in [0.1, 0.15) is 11.9 Å². The van der Waals surface area contributed by atoms with Crippen molar-refractivity contribution in [2.45, 2.75) is 45.0 Å². The molecule has 2 atom stereocenters. The fraction of sp³-hybridized carbons (Fsp3) is 0.583. The summed E-state index contributed by atoms with van der Waals surface area (Å²) >= 11 is 0. The molecule has 19 heavy (non-hydrogen) atoms. The first-order valence-electron chi connectivity index (χ1n) is 6.18. The highest BCUT2D eigenvalue weighted by Crippen LogP contribution is 2.30. The molecule has 104 valence electrons. The fourth-order valence-electron chi connectivity index (χ4n) is 2.27. The summed E-state index contributed by atoms with van der Waals surface area (Å²) in [4.78, 5) is 14.3. The number of nitrogen functional groups attached to an aromatic ring is 1. The van der Waals surface area contributed by atoms with Gasteiger partial charge in [-0.25, -0.2) is 0 Å². The van der Waals surface area contributed by atoms with Gasteiger partial charge in [0.25, 0.3) is 5.88 Å². The predicted octanol–water partition coefficient (Wildman–Crippen LogP) is 1.91. The molecule has 1 aliphatic heterocycles. The lowest BCUT2D eigenvalue weighted by Gasteiger charge is -2.31. The summed E-state index contributed by atoms with van der Waals surface area (Å²) in [6, 6.07) is 2.70. The third-order valence-electron chi connectivity index (χ3n) is 2.99. The van der Waals surface area contributed by atoms with E-state index in [0.717, 1.165) is 0 Å². The van der Waals surface area contributed by atoms with Crippen LogP contribution >= 0.6 is 0 Å². The number of nitrogens with zero attached hydrogens (tertiary/aromatic N) is 2. The van der Waals surface area contributed by atoms with Crippen LogP contribution in [0, 0.1) is 10.1 Å². The van der Waals surface area contributed by atoms with E-state index in [9.17, 15) is 10.1 Å². The molecule has 2 heterocycles. The molecule has 0 aliphatic carbocycles. The van der Waals surface area contributed by atoms with Gasteiger partial charge in [-0.1, -0.05) is 0 Å². The normalized spacial score (nSPS) is 26.9. The topological polar surface area (TPSA) is 101 Å². The molecule has 7 nitrogen and oxygen atoms in total. The fourth-order valence-corrected chi connectivity index (χ4v) is 2.27. The van der Waals surface area contributed by atoms with Crippen molar-refractivity contribution >= 4 is 11.5 Å². The maximum atomic E-state index is 10.9. The third-order valence-corrected chi connectivity index (χ3v) is 2.99. The van der Waals surface area contributed by atoms with Gasteiger partial charge in [0, 0.05) is 18.9 Å². The number of nitro groups is 1. The van der Waals surface area contributed by atoms with Crippen LogP contribution in [0.15, 0.2) is 12.1 Å². The maximum Gasteiger partial charge on any atom is 0.331 e. The number of anilines is 1. The molecule has 2 rings (SSSR count). The average Bonchev–Trinajstić information content (AvgIpc) is 2.26. The summed E-state index contributed by atoms with van der Waals surface area (Å²) < 4.78 is 11.3. The summed E-state index contributed by atoms with van der Waals surface area (Å²) in [5.74, 6) is 0.185. The van der Waals surface area contributed by atoms with Crippen LogP contribution in [0.5, 0.6) is 5.88 Å². The van der Waals surface area contributed by atoms with Gasteiger partial charge in [0.15, 0.2) is 0 Å². The lowest BCUT2D eigenvalue weighted by Crippen LogP contribution is -2.36. The van der Waals surface area contributed by atoms with E-state index < -0.39 is 4.92 Å². The van der Waals surface area contributed by atoms with Gasteiger partial charge >= 0.3 is 5.69 Å². The number of pyridine rings is 1. The largest absolute Gasteiger partial charge is 0.469 e. The molecule has 0 amide bonds. The van der Waals surface area contributed by atoms with Crippen LogP contribution in [0.4, 0.5) is 11.5 Å². The number of ether oxygens (including phenoxy) is 2. The zero-order valence-electron chi connectivity index (χ0n) is 10.9. The first-order valence-corrected chi connectivity index (χ1v) is 6.18. The number of aromatic nitrogens is 1. The molecule has 0 bridgehead atoms. The van der Waals surface area contributed by atoms with Crippen molar-refractivity contribution in [1.29, 1.82) is 0 Å². The summed E-state index contributed by atoms with van der Waals surface area (Å²) in [5, 5.41) is 10.9. The molecule has 0 saturated carbocycles. The molecule has 0 radical (unpaired) electrons. The Morgan fingerprint density at radius 3 is 2.63 bits per heavy atom. The summed E-state index contributed by atoms with van der Waals surface area (Å²) in [7, 11) is 0. The standard InChI is InChI=1S/C12H17N3O4/c1-7-5-9(6-8(2)18-7)19-12-10(15(16)17)3-4-11(13)14-12/h3-4,7-9H,5-6H2,1-2H3,(H2,13,14). The van der Waals surface area contributed by atoms with Crippen LogP contribution in [-0.4, -0.2) is 28.2 Å². The molecule has 1 fully saturated rings. The van der Waals surface area contributed by atoms with Crippen molar-refractivity contribution in [2.24, 2.45) is 0 Å². The second kappa shape index (κ2) is 5.40. The smallest absolute Gasteiger partial charge is 0.331 e. The first kappa shape index (κ1) is 13.5. The Labute approximate surface area is 110 Å². The van der Waals surface area contributed by atoms with Gasteiger partial charge in [-0.3, -0.25) is 10.1 Å². The van der Waals surface area contributed by atoms with Crippen molar-refractivity contribution in [3.8, 4) is 5.88 Å². The van der Waals surface area contributed by atoms with Crippen LogP contribution in [0.1, 0.15) is 26.7 Å². The molecule has 1 aromatic rings. The van der Waals surface area contributed by atoms with Crippen molar-refractivity contribution in [3.63, 3.8) is 0 Å². The second-order valence-electron chi connectivity index (χ2n) is 4.79. The lowest BCUT2D eigenvalue weighted by atomic mass is 10.0. The van der Waals surface area contributed by atoms with Gasteiger partial charge in [-0.05, 0) is 19.9 Å². The van der Waals surface area contributed by atoms with Gasteiger partial charge in [-0.2, -0.15) is 4.98 Å². The Morgan fingerprint density at radius 1 is 1.42 bits per heavy atom. The molecular weight excluding hydrogens is 250 g/mol. The zero-order valence-corrected chi connectivity index (χ0v) is 10.9. The highest BCUT2D eigenvalue weighted by Gasteiger charge is 2.28. The van der Waals surface area contributed by atoms with E-state index in [0.29, 0.717) is 12.8 Å². The van der Waals surface area contributed by atoms with Gasteiger partial charge in [0.2, 0.25) is 0 Å². The Bertz CT molecular complexity index is 470. The van der Waals surface area contributed by atoms with Crippen LogP contribution in [0.3, 0.4) is 0 Å². The summed E-state index contributed by atoms with van der Waals surface area (Å²) in [5.41, 5.74) is 5.38.